The summed E-state index contributed by atoms with van der Waals surface area (Å²) in [6, 6.07) is 72.0. The van der Waals surface area contributed by atoms with Crippen molar-refractivity contribution in [3.63, 3.8) is 0 Å². The third-order valence-corrected chi connectivity index (χ3v) is 14.7. The third kappa shape index (κ3) is 4.07. The Bertz CT molecular complexity index is 4470. The molecule has 0 unspecified atom stereocenters. The lowest BCUT2D eigenvalue weighted by molar-refractivity contribution is 0.668. The summed E-state index contributed by atoms with van der Waals surface area (Å²) < 4.78 is 13.1. The summed E-state index contributed by atoms with van der Waals surface area (Å²) in [6.45, 7) is 0. The lowest BCUT2D eigenvalue weighted by Crippen LogP contribution is -1.92. The third-order valence-electron chi connectivity index (χ3n) is 14.7. The van der Waals surface area contributed by atoms with Gasteiger partial charge in [0.2, 0.25) is 0 Å². The normalized spacial score (nSPS) is 12.7. The van der Waals surface area contributed by atoms with Gasteiger partial charge < -0.3 is 8.83 Å². The summed E-state index contributed by atoms with van der Waals surface area (Å²) in [5.74, 6) is 0. The van der Waals surface area contributed by atoms with E-state index in [0.29, 0.717) is 0 Å². The Balaban J connectivity index is 1.11. The van der Waals surface area contributed by atoms with Gasteiger partial charge in [0.1, 0.15) is 22.3 Å². The second kappa shape index (κ2) is 11.7. The van der Waals surface area contributed by atoms with Crippen molar-refractivity contribution in [2.75, 3.05) is 0 Å². The second-order valence-electron chi connectivity index (χ2n) is 17.8. The van der Waals surface area contributed by atoms with Gasteiger partial charge in [-0.2, -0.15) is 0 Å². The first-order valence-electron chi connectivity index (χ1n) is 22.2. The van der Waals surface area contributed by atoms with Gasteiger partial charge in [0, 0.05) is 21.5 Å². The van der Waals surface area contributed by atoms with E-state index in [-0.39, 0.29) is 0 Å². The van der Waals surface area contributed by atoms with Crippen LogP contribution < -0.4 is 0 Å². The Morgan fingerprint density at radius 1 is 0.203 bits per heavy atom. The molecule has 0 saturated carbocycles. The number of para-hydroxylation sites is 2. The smallest absolute Gasteiger partial charge is 0.136 e. The molecule has 2 aromatic heterocycles. The van der Waals surface area contributed by atoms with Gasteiger partial charge in [-0.1, -0.05) is 146 Å². The minimum atomic E-state index is 0.898. The van der Waals surface area contributed by atoms with Crippen LogP contribution in [0.2, 0.25) is 0 Å². The molecule has 2 aliphatic carbocycles. The van der Waals surface area contributed by atoms with E-state index in [1.54, 1.807) is 0 Å². The Morgan fingerprint density at radius 2 is 0.609 bits per heavy atom. The summed E-state index contributed by atoms with van der Waals surface area (Å²) in [5.41, 5.74) is 18.7. The summed E-state index contributed by atoms with van der Waals surface area (Å²) in [5, 5.41) is 17.2. The molecule has 0 atom stereocenters. The fraction of sp³-hybridized carbons (Fsp3) is 0. The van der Waals surface area contributed by atoms with Gasteiger partial charge in [-0.3, -0.25) is 0 Å². The van der Waals surface area contributed by atoms with Crippen molar-refractivity contribution in [1.82, 2.24) is 0 Å². The van der Waals surface area contributed by atoms with Crippen LogP contribution in [0.5, 0.6) is 0 Å². The highest BCUT2D eigenvalue weighted by atomic mass is 16.3. The fourth-order valence-electron chi connectivity index (χ4n) is 12.1. The SMILES string of the molecule is c1cc2c3c(cccc3c1)-c1cc3c(cc1-2)c(-c1cccc2oc4ccccc4c12)cc1c2cc4c(c(-c5cccc6oc7ccccc7c56)c2ccc31)-c1cccc2cccc-4c12. The van der Waals surface area contributed by atoms with E-state index in [4.69, 9.17) is 8.83 Å². The zero-order valence-corrected chi connectivity index (χ0v) is 34.3. The van der Waals surface area contributed by atoms with Crippen molar-refractivity contribution in [3.8, 4) is 66.8 Å². The number of fused-ring (bicyclic) bond motifs is 17. The molecule has 0 radical (unpaired) electrons. The standard InChI is InChI=1S/C62H32O2/c1-3-23-53-41(15-1)59-38(20-9-25-55(59)63-53)49-29-45-35(46-30-47-36-17-5-11-33-12-6-18-37(57(33)36)48(47)31-51(46)49)27-28-40-50(45)32-52-39-19-7-13-34-14-8-21-43(58(34)39)62(52)61(40)44-22-10-26-56-60(44)42-16-2-4-24-54(42)64-56/h1-32H. The highest BCUT2D eigenvalue weighted by Crippen LogP contribution is 2.57. The molecule has 2 heteroatoms. The van der Waals surface area contributed by atoms with E-state index < -0.39 is 0 Å². The van der Waals surface area contributed by atoms with Crippen molar-refractivity contribution in [3.05, 3.63) is 194 Å². The monoisotopic (exact) mass is 808 g/mol. The average Bonchev–Trinajstić information content (AvgIpc) is 4.10. The molecule has 0 fully saturated rings. The molecule has 0 saturated heterocycles. The number of hydrogen-bond acceptors (Lipinski definition) is 2. The van der Waals surface area contributed by atoms with E-state index >= 15 is 0 Å². The molecule has 14 aromatic rings. The zero-order valence-electron chi connectivity index (χ0n) is 34.3. The van der Waals surface area contributed by atoms with E-state index in [0.717, 1.165) is 43.9 Å². The summed E-state index contributed by atoms with van der Waals surface area (Å²) in [7, 11) is 0. The predicted molar refractivity (Wildman–Crippen MR) is 268 cm³/mol. The van der Waals surface area contributed by atoms with Crippen LogP contribution in [0.1, 0.15) is 0 Å². The number of hydrogen-bond donors (Lipinski definition) is 0. The lowest BCUT2D eigenvalue weighted by atomic mass is 9.83. The highest BCUT2D eigenvalue weighted by molar-refractivity contribution is 6.32. The molecule has 2 heterocycles. The molecular formula is C62H32O2. The van der Waals surface area contributed by atoms with E-state index in [2.05, 4.69) is 194 Å². The molecule has 0 aliphatic heterocycles. The lowest BCUT2D eigenvalue weighted by Gasteiger charge is -2.20. The molecule has 2 nitrogen and oxygen atoms in total. The molecule has 0 spiro atoms. The van der Waals surface area contributed by atoms with Crippen LogP contribution >= 0.6 is 0 Å². The second-order valence-corrected chi connectivity index (χ2v) is 17.8. The first-order valence-corrected chi connectivity index (χ1v) is 22.2. The first-order chi connectivity index (χ1) is 31.7. The first kappa shape index (κ1) is 33.2. The van der Waals surface area contributed by atoms with Crippen molar-refractivity contribution >= 4 is 97.7 Å². The minimum Gasteiger partial charge on any atom is -0.456 e. The van der Waals surface area contributed by atoms with Crippen LogP contribution in [0.25, 0.3) is 165 Å². The molecule has 0 N–H and O–H groups in total. The Labute approximate surface area is 365 Å². The zero-order chi connectivity index (χ0) is 41.4. The highest BCUT2D eigenvalue weighted by Gasteiger charge is 2.30. The molecular weight excluding hydrogens is 777 g/mol. The molecule has 64 heavy (non-hydrogen) atoms. The Hall–Kier alpha value is -8.46. The van der Waals surface area contributed by atoms with Gasteiger partial charge in [0.25, 0.3) is 0 Å². The van der Waals surface area contributed by atoms with Crippen LogP contribution in [0.15, 0.2) is 203 Å². The van der Waals surface area contributed by atoms with Gasteiger partial charge in [-0.05, 0) is 169 Å². The molecule has 12 aromatic carbocycles. The Morgan fingerprint density at radius 3 is 1.25 bits per heavy atom. The molecule has 2 aliphatic rings. The van der Waals surface area contributed by atoms with Crippen molar-refractivity contribution in [2.45, 2.75) is 0 Å². The summed E-state index contributed by atoms with van der Waals surface area (Å²) >= 11 is 0. The summed E-state index contributed by atoms with van der Waals surface area (Å²) in [6.07, 6.45) is 0. The quantitative estimate of drug-likeness (QED) is 0.163. The fourth-order valence-corrected chi connectivity index (χ4v) is 12.1. The van der Waals surface area contributed by atoms with Gasteiger partial charge in [0.15, 0.2) is 0 Å². The maximum absolute atomic E-state index is 6.58. The van der Waals surface area contributed by atoms with Gasteiger partial charge in [0.05, 0.1) is 0 Å². The van der Waals surface area contributed by atoms with Gasteiger partial charge in [-0.25, -0.2) is 0 Å². The van der Waals surface area contributed by atoms with Crippen LogP contribution in [0.4, 0.5) is 0 Å². The summed E-state index contributed by atoms with van der Waals surface area (Å²) in [4.78, 5) is 0. The van der Waals surface area contributed by atoms with Crippen molar-refractivity contribution in [2.24, 2.45) is 0 Å². The van der Waals surface area contributed by atoms with Crippen LogP contribution in [-0.2, 0) is 0 Å². The number of benzene rings is 12. The largest absolute Gasteiger partial charge is 0.456 e. The van der Waals surface area contributed by atoms with E-state index in [9.17, 15) is 0 Å². The molecule has 292 valence electrons. The topological polar surface area (TPSA) is 26.3 Å². The number of rotatable bonds is 2. The number of furan rings is 2. The maximum atomic E-state index is 6.58. The van der Waals surface area contributed by atoms with Crippen LogP contribution in [-0.4, -0.2) is 0 Å². The average molecular weight is 809 g/mol. The van der Waals surface area contributed by atoms with Crippen LogP contribution in [0.3, 0.4) is 0 Å². The maximum Gasteiger partial charge on any atom is 0.136 e. The minimum absolute atomic E-state index is 0.898. The van der Waals surface area contributed by atoms with E-state index in [1.165, 1.54) is 121 Å². The molecule has 0 amide bonds. The predicted octanol–water partition coefficient (Wildman–Crippen LogP) is 17.9. The van der Waals surface area contributed by atoms with Gasteiger partial charge >= 0.3 is 0 Å². The van der Waals surface area contributed by atoms with Crippen molar-refractivity contribution in [1.29, 1.82) is 0 Å². The van der Waals surface area contributed by atoms with Gasteiger partial charge in [-0.15, -0.1) is 0 Å². The van der Waals surface area contributed by atoms with Crippen LogP contribution in [0, 0.1) is 0 Å². The molecule has 0 bridgehead atoms. The molecule has 16 rings (SSSR count). The van der Waals surface area contributed by atoms with E-state index in [1.807, 2.05) is 0 Å². The Kier molecular flexibility index (Phi) is 6.08. The van der Waals surface area contributed by atoms with Crippen molar-refractivity contribution < 1.29 is 8.83 Å².